The van der Waals surface area contributed by atoms with Crippen LogP contribution in [0.4, 0.5) is 5.95 Å². The second-order valence-electron chi connectivity index (χ2n) is 7.74. The fraction of sp³-hybridized carbons (Fsp3) is 0.250. The average Bonchev–Trinajstić information content (AvgIpc) is 3.50. The summed E-state index contributed by atoms with van der Waals surface area (Å²) >= 11 is 0. The number of hydrogen-bond acceptors (Lipinski definition) is 10. The van der Waals surface area contributed by atoms with E-state index in [1.807, 2.05) is 12.1 Å². The van der Waals surface area contributed by atoms with Crippen LogP contribution in [0.5, 0.6) is 0 Å². The van der Waals surface area contributed by atoms with Crippen molar-refractivity contribution in [2.45, 2.75) is 31.7 Å². The fourth-order valence-corrected chi connectivity index (χ4v) is 3.67. The van der Waals surface area contributed by atoms with Gasteiger partial charge in [-0.15, -0.1) is 15.3 Å². The maximum atomic E-state index is 12.8. The second kappa shape index (κ2) is 10.4. The molecule has 15 heteroatoms. The number of benzene rings is 1. The summed E-state index contributed by atoms with van der Waals surface area (Å²) in [6.45, 7) is 0. The van der Waals surface area contributed by atoms with Crippen molar-refractivity contribution in [2.24, 2.45) is 16.7 Å². The van der Waals surface area contributed by atoms with Gasteiger partial charge < -0.3 is 21.8 Å². The number of nitrogens with two attached hydrogens (primary N) is 3. The number of tetrazole rings is 1. The second-order valence-corrected chi connectivity index (χ2v) is 7.74. The highest BCUT2D eigenvalue weighted by molar-refractivity contribution is 5.98. The lowest BCUT2D eigenvalue weighted by Crippen LogP contribution is -2.46. The molecule has 0 radical (unpaired) electrons. The van der Waals surface area contributed by atoms with E-state index < -0.39 is 6.04 Å². The van der Waals surface area contributed by atoms with Crippen molar-refractivity contribution < 1.29 is 4.79 Å². The highest BCUT2D eigenvalue weighted by Crippen LogP contribution is 2.16. The van der Waals surface area contributed by atoms with Crippen LogP contribution in [0.2, 0.25) is 0 Å². The zero-order valence-electron chi connectivity index (χ0n) is 18.6. The van der Waals surface area contributed by atoms with Crippen LogP contribution in [0.15, 0.2) is 40.4 Å². The Balaban J connectivity index is 1.39. The lowest BCUT2D eigenvalue weighted by atomic mass is 10.0. The van der Waals surface area contributed by atoms with E-state index in [2.05, 4.69) is 51.5 Å². The van der Waals surface area contributed by atoms with Gasteiger partial charge in [0, 0.05) is 18.2 Å². The highest BCUT2D eigenvalue weighted by atomic mass is 16.1. The van der Waals surface area contributed by atoms with Gasteiger partial charge in [-0.1, -0.05) is 17.3 Å². The number of nitrogens with one attached hydrogen (secondary N) is 5. The molecule has 0 bridgehead atoms. The van der Waals surface area contributed by atoms with Crippen LogP contribution >= 0.6 is 0 Å². The Kier molecular flexibility index (Phi) is 6.96. The SMILES string of the molecule is NN/N=C(\N)C(CCc1nn[nH]n1)NC(=O)c1ccc(CCc2c[nH]c3nc(N)[nH]c(=O)c23)cc1. The minimum absolute atomic E-state index is 0.0640. The first-order valence-electron chi connectivity index (χ1n) is 10.7. The molecule has 35 heavy (non-hydrogen) atoms. The summed E-state index contributed by atoms with van der Waals surface area (Å²) in [5.74, 6) is 5.57. The van der Waals surface area contributed by atoms with Crippen LogP contribution in [0, 0.1) is 0 Å². The zero-order valence-corrected chi connectivity index (χ0v) is 18.6. The lowest BCUT2D eigenvalue weighted by molar-refractivity contribution is 0.0945. The van der Waals surface area contributed by atoms with Gasteiger partial charge in [-0.25, -0.2) is 11.4 Å². The van der Waals surface area contributed by atoms with Gasteiger partial charge in [0.05, 0.1) is 11.4 Å². The molecule has 1 aromatic carbocycles. The Morgan fingerprint density at radius 2 is 1.97 bits per heavy atom. The summed E-state index contributed by atoms with van der Waals surface area (Å²) in [5.41, 5.74) is 16.1. The van der Waals surface area contributed by atoms with Gasteiger partial charge in [0.2, 0.25) is 5.95 Å². The third-order valence-corrected chi connectivity index (χ3v) is 5.44. The van der Waals surface area contributed by atoms with Crippen molar-refractivity contribution in [1.29, 1.82) is 0 Å². The molecule has 0 saturated carbocycles. The maximum Gasteiger partial charge on any atom is 0.262 e. The first kappa shape index (κ1) is 23.4. The van der Waals surface area contributed by atoms with E-state index >= 15 is 0 Å². The number of amides is 1. The number of aryl methyl sites for hydroxylation is 3. The first-order valence-corrected chi connectivity index (χ1v) is 10.7. The largest absolute Gasteiger partial charge is 0.384 e. The molecule has 182 valence electrons. The number of hydrogen-bond donors (Lipinski definition) is 8. The number of anilines is 1. The normalized spacial score (nSPS) is 12.5. The number of nitrogens with zero attached hydrogens (tertiary/aromatic N) is 5. The number of fused-ring (bicyclic) bond motifs is 1. The molecule has 1 unspecified atom stereocenters. The number of rotatable bonds is 10. The third-order valence-electron chi connectivity index (χ3n) is 5.44. The van der Waals surface area contributed by atoms with Gasteiger partial charge in [-0.2, -0.15) is 10.2 Å². The smallest absolute Gasteiger partial charge is 0.262 e. The summed E-state index contributed by atoms with van der Waals surface area (Å²) in [6, 6.07) is 6.56. The molecule has 1 atom stereocenters. The summed E-state index contributed by atoms with van der Waals surface area (Å²) in [6.07, 6.45) is 3.83. The Labute approximate surface area is 197 Å². The van der Waals surface area contributed by atoms with Crippen LogP contribution in [0.25, 0.3) is 11.0 Å². The summed E-state index contributed by atoms with van der Waals surface area (Å²) in [4.78, 5) is 34.6. The molecule has 4 aromatic rings. The van der Waals surface area contributed by atoms with Crippen molar-refractivity contribution in [1.82, 2.24) is 46.4 Å². The Morgan fingerprint density at radius 1 is 1.17 bits per heavy atom. The van der Waals surface area contributed by atoms with E-state index in [9.17, 15) is 9.59 Å². The highest BCUT2D eigenvalue weighted by Gasteiger charge is 2.19. The standard InChI is InChI=1S/C20H25N13O2/c21-16(30-31-23)13(7-8-14-28-32-33-29-14)25-18(34)11-4-1-10(2-5-11)3-6-12-9-24-17-15(12)19(35)27-20(22)26-17/h1-2,4-5,9,13,31H,3,6-8,23H2,(H2,21,30)(H,25,34)(H,28,29,32,33)(H4,22,24,26,27,35). The molecule has 0 spiro atoms. The summed E-state index contributed by atoms with van der Waals surface area (Å²) in [5, 5.41) is 20.8. The topological polar surface area (TPSA) is 248 Å². The minimum atomic E-state index is -0.598. The van der Waals surface area contributed by atoms with E-state index in [0.717, 1.165) is 11.1 Å². The number of carbonyl (C=O) groups is 1. The van der Waals surface area contributed by atoms with E-state index in [4.69, 9.17) is 17.3 Å². The molecule has 15 nitrogen and oxygen atoms in total. The predicted octanol–water partition coefficient (Wildman–Crippen LogP) is -1.40. The monoisotopic (exact) mass is 479 g/mol. The number of amidine groups is 1. The number of nitrogen functional groups attached to an aromatic ring is 1. The predicted molar refractivity (Wildman–Crippen MR) is 128 cm³/mol. The molecule has 0 saturated heterocycles. The Hall–Kier alpha value is -4.79. The molecule has 11 N–H and O–H groups in total. The quantitative estimate of drug-likeness (QED) is 0.0571. The van der Waals surface area contributed by atoms with Gasteiger partial charge in [-0.3, -0.25) is 14.6 Å². The number of carbonyl (C=O) groups excluding carboxylic acids is 1. The van der Waals surface area contributed by atoms with Crippen molar-refractivity contribution in [3.8, 4) is 0 Å². The van der Waals surface area contributed by atoms with Gasteiger partial charge in [0.25, 0.3) is 11.5 Å². The molecule has 1 amide bonds. The van der Waals surface area contributed by atoms with Crippen LogP contribution in [-0.4, -0.2) is 53.4 Å². The van der Waals surface area contributed by atoms with Crippen LogP contribution < -0.4 is 33.7 Å². The number of hydrazone groups is 1. The molecule has 0 aliphatic rings. The molecule has 4 rings (SSSR count). The average molecular weight is 480 g/mol. The van der Waals surface area contributed by atoms with E-state index in [0.29, 0.717) is 48.1 Å². The van der Waals surface area contributed by atoms with E-state index in [1.54, 1.807) is 18.3 Å². The fourth-order valence-electron chi connectivity index (χ4n) is 3.67. The molecular weight excluding hydrogens is 454 g/mol. The minimum Gasteiger partial charge on any atom is -0.384 e. The van der Waals surface area contributed by atoms with Crippen molar-refractivity contribution in [2.75, 3.05) is 5.73 Å². The van der Waals surface area contributed by atoms with E-state index in [1.165, 1.54) is 0 Å². The van der Waals surface area contributed by atoms with Gasteiger partial charge in [-0.05, 0) is 42.5 Å². The third kappa shape index (κ3) is 5.59. The van der Waals surface area contributed by atoms with E-state index in [-0.39, 0.29) is 23.3 Å². The van der Waals surface area contributed by atoms with Gasteiger partial charge in [0.1, 0.15) is 11.5 Å². The molecule has 0 aliphatic carbocycles. The zero-order chi connectivity index (χ0) is 24.8. The van der Waals surface area contributed by atoms with Crippen LogP contribution in [-0.2, 0) is 19.3 Å². The first-order chi connectivity index (χ1) is 16.9. The van der Waals surface area contributed by atoms with Gasteiger partial charge in [0.15, 0.2) is 5.82 Å². The van der Waals surface area contributed by atoms with Crippen LogP contribution in [0.1, 0.15) is 33.7 Å². The van der Waals surface area contributed by atoms with Crippen LogP contribution in [0.3, 0.4) is 0 Å². The molecule has 3 aromatic heterocycles. The number of aromatic nitrogens is 7. The maximum absolute atomic E-state index is 12.8. The molecule has 3 heterocycles. The summed E-state index contributed by atoms with van der Waals surface area (Å²) < 4.78 is 0. The number of H-pyrrole nitrogens is 3. The molecular formula is C20H25N13O2. The number of aromatic amines is 3. The van der Waals surface area contributed by atoms with Crippen molar-refractivity contribution >= 4 is 28.7 Å². The lowest BCUT2D eigenvalue weighted by Gasteiger charge is -2.17. The van der Waals surface area contributed by atoms with Gasteiger partial charge >= 0.3 is 0 Å². The number of hydrazine groups is 1. The Bertz CT molecular complexity index is 1370. The van der Waals surface area contributed by atoms with Crippen molar-refractivity contribution in [3.05, 3.63) is 63.3 Å². The summed E-state index contributed by atoms with van der Waals surface area (Å²) in [7, 11) is 0. The molecule has 0 fully saturated rings. The Morgan fingerprint density at radius 3 is 2.69 bits per heavy atom. The molecule has 0 aliphatic heterocycles. The van der Waals surface area contributed by atoms with Crippen molar-refractivity contribution in [3.63, 3.8) is 0 Å².